The van der Waals surface area contributed by atoms with Gasteiger partial charge in [-0.2, -0.15) is 9.41 Å². The summed E-state index contributed by atoms with van der Waals surface area (Å²) in [6.45, 7) is 1.43. The van der Waals surface area contributed by atoms with Crippen LogP contribution in [0.2, 0.25) is 5.02 Å². The Hall–Kier alpha value is -3.32. The van der Waals surface area contributed by atoms with E-state index in [4.69, 9.17) is 18.0 Å². The molecule has 0 aliphatic carbocycles. The number of nitrogens with zero attached hydrogens (tertiary/aromatic N) is 4. The summed E-state index contributed by atoms with van der Waals surface area (Å²) >= 11 is 6.01. The van der Waals surface area contributed by atoms with Crippen LogP contribution in [0.1, 0.15) is 17.5 Å². The second kappa shape index (κ2) is 10.5. The third-order valence-corrected chi connectivity index (χ3v) is 7.80. The van der Waals surface area contributed by atoms with E-state index in [0.29, 0.717) is 42.0 Å². The number of aromatic nitrogens is 1. The van der Waals surface area contributed by atoms with Crippen LogP contribution in [-0.2, 0) is 21.4 Å². The van der Waals surface area contributed by atoms with Crippen LogP contribution in [0.15, 0.2) is 58.7 Å². The zero-order valence-electron chi connectivity index (χ0n) is 19.3. The molecule has 0 spiro atoms. The number of nitrogens with one attached hydrogen (secondary N) is 1. The molecule has 1 N–H and O–H groups in total. The van der Waals surface area contributed by atoms with Gasteiger partial charge in [0.05, 0.1) is 12.8 Å². The molecule has 1 aliphatic rings. The molecular weight excluding hydrogens is 486 g/mol. The van der Waals surface area contributed by atoms with Gasteiger partial charge in [0.2, 0.25) is 5.91 Å². The maximum atomic E-state index is 13.1. The third-order valence-electron chi connectivity index (χ3n) is 5.80. The van der Waals surface area contributed by atoms with E-state index in [9.17, 15) is 13.2 Å². The number of hydrazone groups is 1. The Morgan fingerprint density at radius 3 is 2.69 bits per heavy atom. The van der Waals surface area contributed by atoms with Crippen molar-refractivity contribution in [3.05, 3.63) is 64.7 Å². The van der Waals surface area contributed by atoms with E-state index in [1.807, 2.05) is 31.3 Å². The number of H-pyrrole nitrogens is 1. The lowest BCUT2D eigenvalue weighted by Gasteiger charge is -2.33. The van der Waals surface area contributed by atoms with Gasteiger partial charge in [-0.15, -0.1) is 12.3 Å². The highest BCUT2D eigenvalue weighted by molar-refractivity contribution is 7.89. The Labute approximate surface area is 210 Å². The molecule has 0 unspecified atom stereocenters. The molecule has 35 heavy (non-hydrogen) atoms. The first-order chi connectivity index (χ1) is 16.8. The van der Waals surface area contributed by atoms with Crippen molar-refractivity contribution in [1.29, 1.82) is 0 Å². The van der Waals surface area contributed by atoms with Gasteiger partial charge in [-0.25, -0.2) is 8.42 Å². The largest absolute Gasteiger partial charge is 0.345 e. The standard InChI is InChI=1S/C25H26ClN5O3S/c1-3-4-11-29(2)27-16-19-5-7-20(8-6-19)17-30-12-13-31(18-25(30)32)35(33,34)24-15-21-14-22(26)9-10-23(21)28-24/h1,5-10,14-16,28H,4,11-13,17-18H2,2H3. The van der Waals surface area contributed by atoms with Gasteiger partial charge in [-0.05, 0) is 35.4 Å². The second-order valence-corrected chi connectivity index (χ2v) is 10.7. The van der Waals surface area contributed by atoms with Crippen molar-refractivity contribution in [3.8, 4) is 12.3 Å². The van der Waals surface area contributed by atoms with Gasteiger partial charge in [0.1, 0.15) is 5.03 Å². The van der Waals surface area contributed by atoms with Gasteiger partial charge in [-0.1, -0.05) is 35.9 Å². The molecule has 1 aromatic heterocycles. The topological polar surface area (TPSA) is 89.1 Å². The fourth-order valence-corrected chi connectivity index (χ4v) is 5.37. The number of sulfonamides is 1. The highest BCUT2D eigenvalue weighted by Gasteiger charge is 2.33. The van der Waals surface area contributed by atoms with Gasteiger partial charge in [0, 0.05) is 55.6 Å². The molecule has 0 radical (unpaired) electrons. The van der Waals surface area contributed by atoms with Crippen molar-refractivity contribution in [2.24, 2.45) is 5.10 Å². The Balaban J connectivity index is 1.37. The van der Waals surface area contributed by atoms with Crippen LogP contribution in [0.4, 0.5) is 0 Å². The molecule has 0 bridgehead atoms. The zero-order chi connectivity index (χ0) is 25.0. The first-order valence-electron chi connectivity index (χ1n) is 11.1. The minimum absolute atomic E-state index is 0.0539. The third kappa shape index (κ3) is 5.85. The monoisotopic (exact) mass is 511 g/mol. The van der Waals surface area contributed by atoms with Gasteiger partial charge in [-0.3, -0.25) is 9.80 Å². The van der Waals surface area contributed by atoms with Crippen molar-refractivity contribution < 1.29 is 13.2 Å². The SMILES string of the molecule is C#CCCN(C)N=Cc1ccc(CN2CCN(S(=O)(=O)c3cc4cc(Cl)ccc4[nH]3)CC2=O)cc1. The number of rotatable bonds is 8. The Kier molecular flexibility index (Phi) is 7.45. The van der Waals surface area contributed by atoms with Crippen molar-refractivity contribution >= 4 is 44.6 Å². The van der Waals surface area contributed by atoms with Crippen LogP contribution in [0.25, 0.3) is 10.9 Å². The highest BCUT2D eigenvalue weighted by atomic mass is 35.5. The fraction of sp³-hybridized carbons (Fsp3) is 0.280. The average Bonchev–Trinajstić information content (AvgIpc) is 3.27. The van der Waals surface area contributed by atoms with E-state index in [-0.39, 0.29) is 24.0 Å². The zero-order valence-corrected chi connectivity index (χ0v) is 20.9. The average molecular weight is 512 g/mol. The molecule has 0 atom stereocenters. The lowest BCUT2D eigenvalue weighted by molar-refractivity contribution is -0.134. The quantitative estimate of drug-likeness (QED) is 0.286. The normalized spacial score (nSPS) is 15.1. The summed E-state index contributed by atoms with van der Waals surface area (Å²) in [5, 5.41) is 7.40. The summed E-state index contributed by atoms with van der Waals surface area (Å²) in [7, 11) is -1.97. The molecule has 182 valence electrons. The molecule has 4 rings (SSSR count). The smallest absolute Gasteiger partial charge is 0.259 e. The van der Waals surface area contributed by atoms with E-state index in [0.717, 1.165) is 11.1 Å². The number of piperazine rings is 1. The minimum Gasteiger partial charge on any atom is -0.345 e. The Morgan fingerprint density at radius 2 is 1.97 bits per heavy atom. The van der Waals surface area contributed by atoms with E-state index in [1.165, 1.54) is 4.31 Å². The number of fused-ring (bicyclic) bond motifs is 1. The van der Waals surface area contributed by atoms with Crippen LogP contribution in [0.3, 0.4) is 0 Å². The number of hydrogen-bond donors (Lipinski definition) is 1. The first kappa shape index (κ1) is 24.8. The van der Waals surface area contributed by atoms with Crippen molar-refractivity contribution in [3.63, 3.8) is 0 Å². The lowest BCUT2D eigenvalue weighted by Crippen LogP contribution is -2.51. The molecular formula is C25H26ClN5O3S. The number of benzene rings is 2. The predicted molar refractivity (Wildman–Crippen MR) is 138 cm³/mol. The lowest BCUT2D eigenvalue weighted by atomic mass is 10.1. The second-order valence-electron chi connectivity index (χ2n) is 8.34. The predicted octanol–water partition coefficient (Wildman–Crippen LogP) is 3.14. The van der Waals surface area contributed by atoms with Gasteiger partial charge in [0.25, 0.3) is 10.0 Å². The maximum absolute atomic E-state index is 13.1. The summed E-state index contributed by atoms with van der Waals surface area (Å²) in [6, 6.07) is 14.4. The number of amides is 1. The highest BCUT2D eigenvalue weighted by Crippen LogP contribution is 2.25. The van der Waals surface area contributed by atoms with Crippen molar-refractivity contribution in [2.75, 3.05) is 33.2 Å². The molecule has 2 aromatic carbocycles. The number of carbonyl (C=O) groups excluding carboxylic acids is 1. The van der Waals surface area contributed by atoms with Crippen LogP contribution in [0, 0.1) is 12.3 Å². The first-order valence-corrected chi connectivity index (χ1v) is 12.9. The van der Waals surface area contributed by atoms with Crippen LogP contribution >= 0.6 is 11.6 Å². The summed E-state index contributed by atoms with van der Waals surface area (Å²) in [5.41, 5.74) is 2.56. The number of aromatic amines is 1. The number of terminal acetylenes is 1. The van der Waals surface area contributed by atoms with E-state index in [1.54, 1.807) is 40.4 Å². The summed E-state index contributed by atoms with van der Waals surface area (Å²) in [6.07, 6.45) is 7.66. The molecule has 3 aromatic rings. The molecule has 1 saturated heterocycles. The van der Waals surface area contributed by atoms with E-state index in [2.05, 4.69) is 16.0 Å². The fourth-order valence-electron chi connectivity index (χ4n) is 3.79. The van der Waals surface area contributed by atoms with E-state index < -0.39 is 10.0 Å². The van der Waals surface area contributed by atoms with E-state index >= 15 is 0 Å². The molecule has 2 heterocycles. The molecule has 1 amide bonds. The molecule has 1 fully saturated rings. The van der Waals surface area contributed by atoms with Gasteiger partial charge >= 0.3 is 0 Å². The van der Waals surface area contributed by atoms with Crippen LogP contribution in [-0.4, -0.2) is 73.0 Å². The number of carbonyl (C=O) groups is 1. The molecule has 8 nitrogen and oxygen atoms in total. The van der Waals surface area contributed by atoms with Gasteiger partial charge < -0.3 is 9.88 Å². The Bertz CT molecular complexity index is 1390. The number of hydrogen-bond acceptors (Lipinski definition) is 5. The van der Waals surface area contributed by atoms with Crippen molar-refractivity contribution in [2.45, 2.75) is 18.0 Å². The summed E-state index contributed by atoms with van der Waals surface area (Å²) in [5.74, 6) is 2.35. The van der Waals surface area contributed by atoms with Crippen molar-refractivity contribution in [1.82, 2.24) is 19.2 Å². The van der Waals surface area contributed by atoms with Crippen LogP contribution < -0.4 is 0 Å². The van der Waals surface area contributed by atoms with Crippen LogP contribution in [0.5, 0.6) is 0 Å². The molecule has 10 heteroatoms. The summed E-state index contributed by atoms with van der Waals surface area (Å²) in [4.78, 5) is 17.4. The van der Waals surface area contributed by atoms with Gasteiger partial charge in [0.15, 0.2) is 0 Å². The maximum Gasteiger partial charge on any atom is 0.259 e. The number of halogens is 1. The minimum atomic E-state index is -3.83. The molecule has 1 aliphatic heterocycles. The Morgan fingerprint density at radius 1 is 1.20 bits per heavy atom. The summed E-state index contributed by atoms with van der Waals surface area (Å²) < 4.78 is 27.5. The molecule has 0 saturated carbocycles.